The van der Waals surface area contributed by atoms with Crippen molar-refractivity contribution in [3.63, 3.8) is 0 Å². The standard InChI is InChI=1S/C16H24BrNO/c1-15(2,3)11-8-12(14(19-4)13(17)9-11)16(10-18)6-5-7-16/h8-9H,5-7,10,18H2,1-4H3. The van der Waals surface area contributed by atoms with E-state index < -0.39 is 0 Å². The Labute approximate surface area is 124 Å². The Morgan fingerprint density at radius 2 is 1.95 bits per heavy atom. The zero-order valence-corrected chi connectivity index (χ0v) is 13.9. The average molecular weight is 326 g/mol. The van der Waals surface area contributed by atoms with E-state index in [9.17, 15) is 0 Å². The summed E-state index contributed by atoms with van der Waals surface area (Å²) in [5, 5.41) is 0. The molecule has 0 heterocycles. The lowest BCUT2D eigenvalue weighted by molar-refractivity contribution is 0.242. The zero-order chi connectivity index (χ0) is 14.3. The molecule has 0 atom stereocenters. The molecular formula is C16H24BrNO. The minimum absolute atomic E-state index is 0.120. The van der Waals surface area contributed by atoms with Crippen molar-refractivity contribution in [1.29, 1.82) is 0 Å². The third-order valence-corrected chi connectivity index (χ3v) is 4.98. The predicted molar refractivity (Wildman–Crippen MR) is 84.0 cm³/mol. The van der Waals surface area contributed by atoms with E-state index in [-0.39, 0.29) is 10.8 Å². The van der Waals surface area contributed by atoms with Crippen LogP contribution in [0.5, 0.6) is 5.75 Å². The number of benzene rings is 1. The SMILES string of the molecule is COc1c(Br)cc(C(C)(C)C)cc1C1(CN)CCC1. The molecule has 0 radical (unpaired) electrons. The molecule has 0 bridgehead atoms. The van der Waals surface area contributed by atoms with E-state index in [0.717, 1.165) is 10.2 Å². The first-order valence-corrected chi connectivity index (χ1v) is 7.72. The largest absolute Gasteiger partial charge is 0.495 e. The number of ether oxygens (including phenoxy) is 1. The van der Waals surface area contributed by atoms with Crippen LogP contribution in [-0.2, 0) is 10.8 Å². The number of hydrogen-bond donors (Lipinski definition) is 1. The topological polar surface area (TPSA) is 35.2 Å². The summed E-state index contributed by atoms with van der Waals surface area (Å²) in [7, 11) is 1.74. The lowest BCUT2D eigenvalue weighted by atomic mass is 9.63. The van der Waals surface area contributed by atoms with E-state index in [2.05, 4.69) is 48.8 Å². The molecular weight excluding hydrogens is 302 g/mol. The summed E-state index contributed by atoms with van der Waals surface area (Å²) in [6, 6.07) is 4.47. The molecule has 1 fully saturated rings. The van der Waals surface area contributed by atoms with Gasteiger partial charge in [0.15, 0.2) is 0 Å². The number of methoxy groups -OCH3 is 1. The van der Waals surface area contributed by atoms with Gasteiger partial charge in [-0.1, -0.05) is 33.3 Å². The highest BCUT2D eigenvalue weighted by molar-refractivity contribution is 9.10. The van der Waals surface area contributed by atoms with E-state index in [4.69, 9.17) is 10.5 Å². The summed E-state index contributed by atoms with van der Waals surface area (Å²) in [4.78, 5) is 0. The second-order valence-corrected chi connectivity index (χ2v) is 7.48. The lowest BCUT2D eigenvalue weighted by Gasteiger charge is -2.43. The van der Waals surface area contributed by atoms with Crippen LogP contribution in [0.4, 0.5) is 0 Å². The zero-order valence-electron chi connectivity index (χ0n) is 12.3. The summed E-state index contributed by atoms with van der Waals surface area (Å²) in [6.45, 7) is 7.41. The predicted octanol–water partition coefficient (Wildman–Crippen LogP) is 4.14. The lowest BCUT2D eigenvalue weighted by Crippen LogP contribution is -2.42. The van der Waals surface area contributed by atoms with E-state index in [1.165, 1.54) is 30.4 Å². The molecule has 2 nitrogen and oxygen atoms in total. The van der Waals surface area contributed by atoms with Gasteiger partial charge in [-0.2, -0.15) is 0 Å². The van der Waals surface area contributed by atoms with Crippen LogP contribution in [0.2, 0.25) is 0 Å². The molecule has 0 unspecified atom stereocenters. The normalized spacial score (nSPS) is 18.0. The average Bonchev–Trinajstić information content (AvgIpc) is 2.26. The van der Waals surface area contributed by atoms with Crippen LogP contribution < -0.4 is 10.5 Å². The van der Waals surface area contributed by atoms with E-state index in [1.54, 1.807) is 7.11 Å². The van der Waals surface area contributed by atoms with Gasteiger partial charge in [-0.3, -0.25) is 0 Å². The molecule has 0 amide bonds. The fourth-order valence-corrected chi connectivity index (χ4v) is 3.44. The van der Waals surface area contributed by atoms with E-state index in [1.807, 2.05) is 0 Å². The molecule has 2 rings (SSSR count). The Balaban J connectivity index is 2.60. The number of halogens is 1. The fraction of sp³-hybridized carbons (Fsp3) is 0.625. The van der Waals surface area contributed by atoms with Crippen molar-refractivity contribution in [2.24, 2.45) is 5.73 Å². The molecule has 1 aliphatic rings. The van der Waals surface area contributed by atoms with Gasteiger partial charge in [0, 0.05) is 17.5 Å². The Hall–Kier alpha value is -0.540. The molecule has 19 heavy (non-hydrogen) atoms. The van der Waals surface area contributed by atoms with Gasteiger partial charge in [0.1, 0.15) is 5.75 Å². The monoisotopic (exact) mass is 325 g/mol. The minimum Gasteiger partial charge on any atom is -0.495 e. The molecule has 0 spiro atoms. The summed E-state index contributed by atoms with van der Waals surface area (Å²) in [5.41, 5.74) is 8.92. The fourth-order valence-electron chi connectivity index (χ4n) is 2.81. The first-order chi connectivity index (χ1) is 8.84. The van der Waals surface area contributed by atoms with Crippen LogP contribution in [0.3, 0.4) is 0 Å². The molecule has 1 saturated carbocycles. The molecule has 0 saturated heterocycles. The Kier molecular flexibility index (Phi) is 3.99. The molecule has 3 heteroatoms. The van der Waals surface area contributed by atoms with Crippen molar-refractivity contribution in [1.82, 2.24) is 0 Å². The van der Waals surface area contributed by atoms with Gasteiger partial charge in [-0.05, 0) is 45.8 Å². The first kappa shape index (κ1) is 14.9. The number of rotatable bonds is 3. The first-order valence-electron chi connectivity index (χ1n) is 6.92. The van der Waals surface area contributed by atoms with Crippen molar-refractivity contribution < 1.29 is 4.74 Å². The van der Waals surface area contributed by atoms with Crippen LogP contribution in [0, 0.1) is 0 Å². The van der Waals surface area contributed by atoms with Crippen molar-refractivity contribution in [3.05, 3.63) is 27.7 Å². The van der Waals surface area contributed by atoms with Gasteiger partial charge in [-0.15, -0.1) is 0 Å². The van der Waals surface area contributed by atoms with Gasteiger partial charge in [0.2, 0.25) is 0 Å². The highest BCUT2D eigenvalue weighted by Gasteiger charge is 2.40. The van der Waals surface area contributed by atoms with Crippen molar-refractivity contribution >= 4 is 15.9 Å². The molecule has 1 aliphatic carbocycles. The number of nitrogens with two attached hydrogens (primary N) is 1. The number of hydrogen-bond acceptors (Lipinski definition) is 2. The maximum absolute atomic E-state index is 6.06. The smallest absolute Gasteiger partial charge is 0.136 e. The second-order valence-electron chi connectivity index (χ2n) is 6.63. The Morgan fingerprint density at radius 3 is 2.32 bits per heavy atom. The van der Waals surface area contributed by atoms with Gasteiger partial charge in [0.25, 0.3) is 0 Å². The third kappa shape index (κ3) is 2.55. The molecule has 0 aromatic heterocycles. The van der Waals surface area contributed by atoms with Gasteiger partial charge >= 0.3 is 0 Å². The van der Waals surface area contributed by atoms with E-state index in [0.29, 0.717) is 6.54 Å². The van der Waals surface area contributed by atoms with Crippen LogP contribution in [0.1, 0.15) is 51.2 Å². The second kappa shape index (κ2) is 5.10. The van der Waals surface area contributed by atoms with Gasteiger partial charge in [-0.25, -0.2) is 0 Å². The van der Waals surface area contributed by atoms with Crippen LogP contribution in [-0.4, -0.2) is 13.7 Å². The van der Waals surface area contributed by atoms with Crippen molar-refractivity contribution in [2.75, 3.05) is 13.7 Å². The van der Waals surface area contributed by atoms with Crippen LogP contribution >= 0.6 is 15.9 Å². The summed E-state index contributed by atoms with van der Waals surface area (Å²) < 4.78 is 6.66. The van der Waals surface area contributed by atoms with Crippen LogP contribution in [0.15, 0.2) is 16.6 Å². The Morgan fingerprint density at radius 1 is 1.32 bits per heavy atom. The van der Waals surface area contributed by atoms with Crippen LogP contribution in [0.25, 0.3) is 0 Å². The highest BCUT2D eigenvalue weighted by Crippen LogP contribution is 2.49. The van der Waals surface area contributed by atoms with Gasteiger partial charge < -0.3 is 10.5 Å². The van der Waals surface area contributed by atoms with Gasteiger partial charge in [0.05, 0.1) is 11.6 Å². The van der Waals surface area contributed by atoms with E-state index >= 15 is 0 Å². The minimum atomic E-state index is 0.120. The quantitative estimate of drug-likeness (QED) is 0.906. The maximum atomic E-state index is 6.06. The van der Waals surface area contributed by atoms with Crippen molar-refractivity contribution in [3.8, 4) is 5.75 Å². The van der Waals surface area contributed by atoms with Crippen molar-refractivity contribution in [2.45, 2.75) is 50.9 Å². The molecule has 1 aromatic carbocycles. The highest BCUT2D eigenvalue weighted by atomic mass is 79.9. The maximum Gasteiger partial charge on any atom is 0.136 e. The molecule has 2 N–H and O–H groups in total. The summed E-state index contributed by atoms with van der Waals surface area (Å²) in [6.07, 6.45) is 3.59. The molecule has 0 aliphatic heterocycles. The summed E-state index contributed by atoms with van der Waals surface area (Å²) in [5.74, 6) is 0.957. The Bertz CT molecular complexity index is 467. The molecule has 106 valence electrons. The summed E-state index contributed by atoms with van der Waals surface area (Å²) >= 11 is 3.66. The third-order valence-electron chi connectivity index (χ3n) is 4.39. The molecule has 1 aromatic rings.